The Bertz CT molecular complexity index is 344. The summed E-state index contributed by atoms with van der Waals surface area (Å²) in [7, 11) is 0. The zero-order valence-electron chi connectivity index (χ0n) is 10.2. The Hall–Kier alpha value is -0.120. The Morgan fingerprint density at radius 1 is 1.50 bits per heavy atom. The summed E-state index contributed by atoms with van der Waals surface area (Å²) in [4.78, 5) is 8.34. The van der Waals surface area contributed by atoms with Crippen molar-refractivity contribution in [2.75, 3.05) is 13.1 Å². The molecule has 2 heterocycles. The van der Waals surface area contributed by atoms with Gasteiger partial charge in [-0.25, -0.2) is 4.98 Å². The quantitative estimate of drug-likeness (QED) is 0.758. The third-order valence-corrected chi connectivity index (χ3v) is 5.01. The van der Waals surface area contributed by atoms with Gasteiger partial charge in [-0.05, 0) is 32.7 Å². The molecule has 0 bridgehead atoms. The van der Waals surface area contributed by atoms with Crippen molar-refractivity contribution >= 4 is 22.9 Å². The molecule has 0 radical (unpaired) electrons. The molecule has 1 saturated heterocycles. The smallest absolute Gasteiger partial charge is 0.107 e. The summed E-state index contributed by atoms with van der Waals surface area (Å²) in [5.41, 5.74) is 1.17. The second-order valence-electron chi connectivity index (χ2n) is 4.77. The van der Waals surface area contributed by atoms with Gasteiger partial charge in [0.05, 0.1) is 12.2 Å². The number of hydrogen-bond donors (Lipinski definition) is 0. The molecule has 0 amide bonds. The summed E-state index contributed by atoms with van der Waals surface area (Å²) in [6.45, 7) is 9.58. The topological polar surface area (TPSA) is 16.1 Å². The lowest BCUT2D eigenvalue weighted by molar-refractivity contribution is 0.189. The van der Waals surface area contributed by atoms with Crippen LogP contribution in [0.3, 0.4) is 0 Å². The van der Waals surface area contributed by atoms with E-state index in [0.29, 0.717) is 11.3 Å². The van der Waals surface area contributed by atoms with Gasteiger partial charge in [0.25, 0.3) is 0 Å². The molecule has 1 aliphatic rings. The van der Waals surface area contributed by atoms with Crippen molar-refractivity contribution in [2.24, 2.45) is 5.92 Å². The van der Waals surface area contributed by atoms with E-state index >= 15 is 0 Å². The molecule has 2 rings (SSSR count). The number of nitrogens with zero attached hydrogens (tertiary/aromatic N) is 2. The summed E-state index contributed by atoms with van der Waals surface area (Å²) in [6.07, 6.45) is 1.21. The first kappa shape index (κ1) is 12.3. The molecule has 1 aliphatic heterocycles. The Morgan fingerprint density at radius 2 is 2.25 bits per heavy atom. The van der Waals surface area contributed by atoms with E-state index in [0.717, 1.165) is 19.6 Å². The van der Waals surface area contributed by atoms with Gasteiger partial charge >= 0.3 is 0 Å². The zero-order valence-corrected chi connectivity index (χ0v) is 11.7. The van der Waals surface area contributed by atoms with Crippen molar-refractivity contribution in [3.05, 3.63) is 15.6 Å². The number of halogens is 1. The third-order valence-electron chi connectivity index (χ3n) is 3.38. The molecule has 0 aromatic carbocycles. The van der Waals surface area contributed by atoms with Crippen LogP contribution in [0.15, 0.2) is 0 Å². The van der Waals surface area contributed by atoms with Crippen molar-refractivity contribution < 1.29 is 0 Å². The Kier molecular flexibility index (Phi) is 3.88. The standard InChI is InChI=1S/C12H19ClN2S/c1-8-4-5-15(6-11(8)13)7-12-14-9(2)10(3)16-12/h8,11H,4-7H2,1-3H3. The highest BCUT2D eigenvalue weighted by Gasteiger charge is 2.24. The summed E-state index contributed by atoms with van der Waals surface area (Å²) < 4.78 is 0. The number of rotatable bonds is 2. The van der Waals surface area contributed by atoms with Gasteiger partial charge in [0.2, 0.25) is 0 Å². The van der Waals surface area contributed by atoms with E-state index in [1.807, 2.05) is 11.3 Å². The highest BCUT2D eigenvalue weighted by atomic mass is 35.5. The number of likely N-dealkylation sites (tertiary alicyclic amines) is 1. The van der Waals surface area contributed by atoms with Crippen LogP contribution in [-0.2, 0) is 6.54 Å². The number of piperidine rings is 1. The van der Waals surface area contributed by atoms with Crippen molar-refractivity contribution in [3.63, 3.8) is 0 Å². The average Bonchev–Trinajstić information content (AvgIpc) is 2.52. The fourth-order valence-corrected chi connectivity index (χ4v) is 3.32. The number of hydrogen-bond acceptors (Lipinski definition) is 3. The molecule has 4 heteroatoms. The minimum absolute atomic E-state index is 0.302. The third kappa shape index (κ3) is 2.76. The molecule has 1 fully saturated rings. The van der Waals surface area contributed by atoms with Crippen LogP contribution in [0.5, 0.6) is 0 Å². The first-order chi connectivity index (χ1) is 7.56. The summed E-state index contributed by atoms with van der Waals surface area (Å²) in [5.74, 6) is 0.651. The minimum Gasteiger partial charge on any atom is -0.295 e. The maximum Gasteiger partial charge on any atom is 0.107 e. The van der Waals surface area contributed by atoms with E-state index in [1.54, 1.807) is 0 Å². The molecular formula is C12H19ClN2S. The summed E-state index contributed by atoms with van der Waals surface area (Å²) in [6, 6.07) is 0. The highest BCUT2D eigenvalue weighted by Crippen LogP contribution is 2.24. The van der Waals surface area contributed by atoms with Crippen LogP contribution in [0.25, 0.3) is 0 Å². The van der Waals surface area contributed by atoms with E-state index in [1.165, 1.54) is 22.0 Å². The predicted molar refractivity (Wildman–Crippen MR) is 70.3 cm³/mol. The predicted octanol–water partition coefficient (Wildman–Crippen LogP) is 3.21. The van der Waals surface area contributed by atoms with Crippen LogP contribution in [0.2, 0.25) is 0 Å². The van der Waals surface area contributed by atoms with Gasteiger partial charge in [0, 0.05) is 16.8 Å². The molecule has 0 aliphatic carbocycles. The monoisotopic (exact) mass is 258 g/mol. The van der Waals surface area contributed by atoms with Gasteiger partial charge in [-0.2, -0.15) is 0 Å². The van der Waals surface area contributed by atoms with Crippen LogP contribution < -0.4 is 0 Å². The van der Waals surface area contributed by atoms with Crippen molar-refractivity contribution in [1.82, 2.24) is 9.88 Å². The molecule has 0 N–H and O–H groups in total. The second kappa shape index (κ2) is 5.03. The Morgan fingerprint density at radius 3 is 2.81 bits per heavy atom. The fraction of sp³-hybridized carbons (Fsp3) is 0.750. The SMILES string of the molecule is Cc1nc(CN2CCC(C)C(Cl)C2)sc1C. The van der Waals surface area contributed by atoms with Crippen molar-refractivity contribution in [3.8, 4) is 0 Å². The fourth-order valence-electron chi connectivity index (χ4n) is 2.03. The Labute approximate surface area is 107 Å². The number of aromatic nitrogens is 1. The lowest BCUT2D eigenvalue weighted by Crippen LogP contribution is -2.39. The first-order valence-electron chi connectivity index (χ1n) is 5.85. The second-order valence-corrected chi connectivity index (χ2v) is 6.61. The zero-order chi connectivity index (χ0) is 11.7. The van der Waals surface area contributed by atoms with Crippen LogP contribution in [0, 0.1) is 19.8 Å². The average molecular weight is 259 g/mol. The molecule has 16 heavy (non-hydrogen) atoms. The Balaban J connectivity index is 1.95. The molecular weight excluding hydrogens is 240 g/mol. The minimum atomic E-state index is 0.302. The maximum atomic E-state index is 6.31. The molecule has 2 atom stereocenters. The number of thiazole rings is 1. The van der Waals surface area contributed by atoms with Gasteiger partial charge in [-0.15, -0.1) is 22.9 Å². The van der Waals surface area contributed by atoms with Gasteiger partial charge < -0.3 is 0 Å². The van der Waals surface area contributed by atoms with Crippen LogP contribution in [0.1, 0.15) is 28.9 Å². The highest BCUT2D eigenvalue weighted by molar-refractivity contribution is 7.11. The van der Waals surface area contributed by atoms with Gasteiger partial charge in [0.15, 0.2) is 0 Å². The lowest BCUT2D eigenvalue weighted by Gasteiger charge is -2.33. The first-order valence-corrected chi connectivity index (χ1v) is 7.11. The van der Waals surface area contributed by atoms with Crippen molar-refractivity contribution in [1.29, 1.82) is 0 Å². The van der Waals surface area contributed by atoms with Gasteiger partial charge in [-0.3, -0.25) is 4.90 Å². The van der Waals surface area contributed by atoms with Crippen LogP contribution in [-0.4, -0.2) is 28.4 Å². The molecule has 2 nitrogen and oxygen atoms in total. The molecule has 1 aromatic rings. The van der Waals surface area contributed by atoms with E-state index < -0.39 is 0 Å². The van der Waals surface area contributed by atoms with E-state index in [9.17, 15) is 0 Å². The summed E-state index contributed by atoms with van der Waals surface area (Å²) >= 11 is 8.12. The molecule has 90 valence electrons. The molecule has 0 spiro atoms. The van der Waals surface area contributed by atoms with E-state index in [2.05, 4.69) is 30.7 Å². The largest absolute Gasteiger partial charge is 0.295 e. The van der Waals surface area contributed by atoms with E-state index in [-0.39, 0.29) is 0 Å². The van der Waals surface area contributed by atoms with Crippen molar-refractivity contribution in [2.45, 2.75) is 39.1 Å². The van der Waals surface area contributed by atoms with Gasteiger partial charge in [0.1, 0.15) is 5.01 Å². The summed E-state index contributed by atoms with van der Waals surface area (Å²) in [5, 5.41) is 1.53. The van der Waals surface area contributed by atoms with Gasteiger partial charge in [-0.1, -0.05) is 6.92 Å². The molecule has 1 aromatic heterocycles. The lowest BCUT2D eigenvalue weighted by atomic mass is 9.99. The maximum absolute atomic E-state index is 6.31. The normalized spacial score (nSPS) is 27.2. The molecule has 0 saturated carbocycles. The molecule has 2 unspecified atom stereocenters. The van der Waals surface area contributed by atoms with E-state index in [4.69, 9.17) is 11.6 Å². The number of alkyl halides is 1. The van der Waals surface area contributed by atoms with Crippen LogP contribution >= 0.6 is 22.9 Å². The van der Waals surface area contributed by atoms with Crippen LogP contribution in [0.4, 0.5) is 0 Å². The number of aryl methyl sites for hydroxylation is 2.